The van der Waals surface area contributed by atoms with Crippen LogP contribution in [-0.4, -0.2) is 45.8 Å². The van der Waals surface area contributed by atoms with Crippen molar-refractivity contribution < 1.29 is 20.4 Å². The van der Waals surface area contributed by atoms with E-state index in [4.69, 9.17) is 10.2 Å². The van der Waals surface area contributed by atoms with Crippen molar-refractivity contribution in [2.75, 3.05) is 13.2 Å². The smallest absolute Gasteiger partial charge is 0.0833 e. The third-order valence-electron chi connectivity index (χ3n) is 3.84. The topological polar surface area (TPSA) is 80.9 Å². The number of hydrogen-bond donors (Lipinski definition) is 4. The Kier molecular flexibility index (Phi) is 2.32. The molecular formula is C9H16O4. The van der Waals surface area contributed by atoms with E-state index in [0.29, 0.717) is 0 Å². The fourth-order valence-electron chi connectivity index (χ4n) is 3.13. The molecule has 2 aliphatic rings. The third kappa shape index (κ3) is 1.13. The summed E-state index contributed by atoms with van der Waals surface area (Å²) in [5, 5.41) is 37.3. The average molecular weight is 188 g/mol. The first-order valence-corrected chi connectivity index (χ1v) is 4.78. The zero-order chi connectivity index (χ0) is 9.59. The number of hydrogen-bond acceptors (Lipinski definition) is 4. The Morgan fingerprint density at radius 1 is 0.846 bits per heavy atom. The van der Waals surface area contributed by atoms with Crippen molar-refractivity contribution in [3.63, 3.8) is 0 Å². The molecular weight excluding hydrogens is 172 g/mol. The summed E-state index contributed by atoms with van der Waals surface area (Å²) in [4.78, 5) is 0. The highest BCUT2D eigenvalue weighted by Gasteiger charge is 2.56. The van der Waals surface area contributed by atoms with Crippen LogP contribution in [0.15, 0.2) is 0 Å². The maximum absolute atomic E-state index is 9.56. The van der Waals surface area contributed by atoms with Gasteiger partial charge in [0, 0.05) is 13.2 Å². The van der Waals surface area contributed by atoms with Crippen molar-refractivity contribution in [1.29, 1.82) is 0 Å². The highest BCUT2D eigenvalue weighted by atomic mass is 16.3. The van der Waals surface area contributed by atoms with Gasteiger partial charge < -0.3 is 20.4 Å². The summed E-state index contributed by atoms with van der Waals surface area (Å²) in [6.07, 6.45) is -0.673. The number of aliphatic hydroxyl groups excluding tert-OH is 4. The molecule has 0 aromatic carbocycles. The summed E-state index contributed by atoms with van der Waals surface area (Å²) in [5.74, 6) is -0.119. The minimum Gasteiger partial charge on any atom is -0.396 e. The van der Waals surface area contributed by atoms with E-state index in [1.54, 1.807) is 0 Å². The quantitative estimate of drug-likeness (QED) is 0.428. The number of rotatable bonds is 2. The Labute approximate surface area is 76.8 Å². The highest BCUT2D eigenvalue weighted by molar-refractivity contribution is 5.05. The van der Waals surface area contributed by atoms with Crippen molar-refractivity contribution in [3.05, 3.63) is 0 Å². The summed E-state index contributed by atoms with van der Waals surface area (Å²) in [6.45, 7) is -0.00759. The van der Waals surface area contributed by atoms with Gasteiger partial charge in [0.05, 0.1) is 12.2 Å². The molecule has 0 spiro atoms. The van der Waals surface area contributed by atoms with Crippen molar-refractivity contribution in [2.24, 2.45) is 23.7 Å². The SMILES string of the molecule is OCC1C2CC(C(O)C2O)C1CO. The molecule has 4 N–H and O–H groups in total. The van der Waals surface area contributed by atoms with Crippen LogP contribution >= 0.6 is 0 Å². The van der Waals surface area contributed by atoms with Crippen LogP contribution < -0.4 is 0 Å². The van der Waals surface area contributed by atoms with Gasteiger partial charge in [-0.1, -0.05) is 0 Å². The summed E-state index contributed by atoms with van der Waals surface area (Å²) in [6, 6.07) is 0. The summed E-state index contributed by atoms with van der Waals surface area (Å²) in [5.41, 5.74) is 0. The maximum Gasteiger partial charge on any atom is 0.0833 e. The van der Waals surface area contributed by atoms with E-state index in [0.717, 1.165) is 6.42 Å². The van der Waals surface area contributed by atoms with Gasteiger partial charge in [-0.2, -0.15) is 0 Å². The standard InChI is InChI=1S/C9H16O4/c10-2-6-4-1-5(7(6)3-11)9(13)8(4)12/h4-13H,1-3H2. The lowest BCUT2D eigenvalue weighted by molar-refractivity contribution is -0.0760. The predicted octanol–water partition coefficient (Wildman–Crippen LogP) is -1.43. The lowest BCUT2D eigenvalue weighted by Gasteiger charge is -2.34. The number of aliphatic hydroxyl groups is 4. The lowest BCUT2D eigenvalue weighted by Crippen LogP contribution is -2.44. The van der Waals surface area contributed by atoms with E-state index in [9.17, 15) is 10.2 Å². The Morgan fingerprint density at radius 2 is 1.23 bits per heavy atom. The van der Waals surface area contributed by atoms with Crippen LogP contribution in [0.3, 0.4) is 0 Å². The van der Waals surface area contributed by atoms with Crippen LogP contribution in [0, 0.1) is 23.7 Å². The first kappa shape index (κ1) is 9.40. The molecule has 6 unspecified atom stereocenters. The van der Waals surface area contributed by atoms with Crippen LogP contribution in [0.1, 0.15) is 6.42 Å². The van der Waals surface area contributed by atoms with E-state index in [-0.39, 0.29) is 36.9 Å². The number of fused-ring (bicyclic) bond motifs is 2. The molecule has 2 bridgehead atoms. The second kappa shape index (κ2) is 3.20. The van der Waals surface area contributed by atoms with Gasteiger partial charge >= 0.3 is 0 Å². The van der Waals surface area contributed by atoms with Crippen molar-refractivity contribution >= 4 is 0 Å². The Hall–Kier alpha value is -0.160. The molecule has 4 nitrogen and oxygen atoms in total. The van der Waals surface area contributed by atoms with Crippen LogP contribution in [0.25, 0.3) is 0 Å². The normalized spacial score (nSPS) is 54.5. The maximum atomic E-state index is 9.56. The molecule has 0 aromatic rings. The van der Waals surface area contributed by atoms with Crippen LogP contribution in [0.4, 0.5) is 0 Å². The van der Waals surface area contributed by atoms with E-state index < -0.39 is 12.2 Å². The van der Waals surface area contributed by atoms with Crippen molar-refractivity contribution in [3.8, 4) is 0 Å². The second-order valence-corrected chi connectivity index (χ2v) is 4.24. The molecule has 13 heavy (non-hydrogen) atoms. The average Bonchev–Trinajstić information content (AvgIpc) is 2.63. The molecule has 2 saturated carbocycles. The monoisotopic (exact) mass is 188 g/mol. The van der Waals surface area contributed by atoms with Crippen LogP contribution in [0.5, 0.6) is 0 Å². The molecule has 2 aliphatic carbocycles. The van der Waals surface area contributed by atoms with E-state index in [1.165, 1.54) is 0 Å². The van der Waals surface area contributed by atoms with Gasteiger partial charge in [0.25, 0.3) is 0 Å². The molecule has 0 aromatic heterocycles. The largest absolute Gasteiger partial charge is 0.396 e. The zero-order valence-electron chi connectivity index (χ0n) is 7.37. The molecule has 2 rings (SSSR count). The minimum atomic E-state index is -0.704. The Morgan fingerprint density at radius 3 is 1.54 bits per heavy atom. The molecule has 0 radical (unpaired) electrons. The molecule has 0 saturated heterocycles. The molecule has 6 atom stereocenters. The molecule has 2 fully saturated rings. The first-order chi connectivity index (χ1) is 6.20. The molecule has 0 amide bonds. The van der Waals surface area contributed by atoms with Gasteiger partial charge in [0.2, 0.25) is 0 Å². The van der Waals surface area contributed by atoms with Crippen LogP contribution in [-0.2, 0) is 0 Å². The second-order valence-electron chi connectivity index (χ2n) is 4.24. The summed E-state index contributed by atoms with van der Waals surface area (Å²) in [7, 11) is 0. The van der Waals surface area contributed by atoms with Crippen molar-refractivity contribution in [1.82, 2.24) is 0 Å². The molecule has 4 heteroatoms. The first-order valence-electron chi connectivity index (χ1n) is 4.78. The van der Waals surface area contributed by atoms with Gasteiger partial charge in [-0.3, -0.25) is 0 Å². The van der Waals surface area contributed by atoms with Crippen molar-refractivity contribution in [2.45, 2.75) is 18.6 Å². The third-order valence-corrected chi connectivity index (χ3v) is 3.84. The van der Waals surface area contributed by atoms with Crippen LogP contribution in [0.2, 0.25) is 0 Å². The van der Waals surface area contributed by atoms with E-state index in [2.05, 4.69) is 0 Å². The summed E-state index contributed by atoms with van der Waals surface area (Å²) < 4.78 is 0. The van der Waals surface area contributed by atoms with Gasteiger partial charge in [-0.25, -0.2) is 0 Å². The highest BCUT2D eigenvalue weighted by Crippen LogP contribution is 2.51. The van der Waals surface area contributed by atoms with Gasteiger partial charge in [0.1, 0.15) is 0 Å². The molecule has 76 valence electrons. The van der Waals surface area contributed by atoms with Gasteiger partial charge in [-0.15, -0.1) is 0 Å². The lowest BCUT2D eigenvalue weighted by atomic mass is 9.77. The zero-order valence-corrected chi connectivity index (χ0v) is 7.37. The Balaban J connectivity index is 2.17. The predicted molar refractivity (Wildman–Crippen MR) is 44.8 cm³/mol. The van der Waals surface area contributed by atoms with E-state index >= 15 is 0 Å². The fourth-order valence-corrected chi connectivity index (χ4v) is 3.13. The van der Waals surface area contributed by atoms with E-state index in [1.807, 2.05) is 0 Å². The van der Waals surface area contributed by atoms with Gasteiger partial charge in [-0.05, 0) is 30.1 Å². The Bertz CT molecular complexity index is 172. The van der Waals surface area contributed by atoms with Gasteiger partial charge in [0.15, 0.2) is 0 Å². The minimum absolute atomic E-state index is 0.00380. The molecule has 0 heterocycles. The summed E-state index contributed by atoms with van der Waals surface area (Å²) >= 11 is 0. The molecule has 0 aliphatic heterocycles. The fraction of sp³-hybridized carbons (Fsp3) is 1.00.